The number of esters is 1. The van der Waals surface area contributed by atoms with Crippen molar-refractivity contribution in [2.75, 3.05) is 6.61 Å². The first kappa shape index (κ1) is 17.1. The lowest BCUT2D eigenvalue weighted by Crippen LogP contribution is -2.30. The van der Waals surface area contributed by atoms with E-state index in [0.29, 0.717) is 0 Å². The Bertz CT molecular complexity index is 502. The summed E-state index contributed by atoms with van der Waals surface area (Å²) in [4.78, 5) is 11.3. The second-order valence-electron chi connectivity index (χ2n) is 3.91. The lowest BCUT2D eigenvalue weighted by molar-refractivity contribution is -0.275. The van der Waals surface area contributed by atoms with Crippen molar-refractivity contribution in [3.8, 4) is 11.5 Å². The van der Waals surface area contributed by atoms with Crippen LogP contribution in [0.25, 0.3) is 0 Å². The molecule has 21 heavy (non-hydrogen) atoms. The molecule has 0 aliphatic heterocycles. The Balaban J connectivity index is 3.09. The van der Waals surface area contributed by atoms with Crippen LogP contribution >= 0.6 is 0 Å². The van der Waals surface area contributed by atoms with Gasteiger partial charge in [-0.15, -0.1) is 13.2 Å². The minimum atomic E-state index is -5.04. The maximum Gasteiger partial charge on any atom is 0.573 e. The van der Waals surface area contributed by atoms with Gasteiger partial charge in [-0.25, -0.2) is 4.79 Å². The predicted octanol–water partition coefficient (Wildman–Crippen LogP) is 1.25. The van der Waals surface area contributed by atoms with Crippen molar-refractivity contribution >= 4 is 5.97 Å². The van der Waals surface area contributed by atoms with Crippen molar-refractivity contribution in [2.45, 2.75) is 25.5 Å². The molecule has 0 amide bonds. The van der Waals surface area contributed by atoms with E-state index in [9.17, 15) is 33.3 Å². The molecule has 0 saturated heterocycles. The molecule has 0 saturated carbocycles. The molecule has 1 aromatic carbocycles. The van der Waals surface area contributed by atoms with Crippen LogP contribution in [0.15, 0.2) is 18.2 Å². The molecule has 9 heteroatoms. The molecule has 0 bridgehead atoms. The van der Waals surface area contributed by atoms with Crippen molar-refractivity contribution in [1.29, 1.82) is 0 Å². The van der Waals surface area contributed by atoms with Gasteiger partial charge in [-0.3, -0.25) is 0 Å². The molecule has 0 aliphatic carbocycles. The summed E-state index contributed by atoms with van der Waals surface area (Å²) in [5, 5.41) is 28.6. The fourth-order valence-corrected chi connectivity index (χ4v) is 1.51. The number of hydrogen-bond donors (Lipinski definition) is 3. The number of carbonyl (C=O) groups is 1. The van der Waals surface area contributed by atoms with Gasteiger partial charge in [0, 0.05) is 5.56 Å². The Morgan fingerprint density at radius 3 is 2.48 bits per heavy atom. The molecule has 2 unspecified atom stereocenters. The molecule has 0 aliphatic rings. The van der Waals surface area contributed by atoms with Gasteiger partial charge >= 0.3 is 12.3 Å². The summed E-state index contributed by atoms with van der Waals surface area (Å²) in [7, 11) is 0. The van der Waals surface area contributed by atoms with E-state index in [0.717, 1.165) is 18.2 Å². The number of carbonyl (C=O) groups excluding carboxylic acids is 1. The van der Waals surface area contributed by atoms with Crippen LogP contribution in [0.2, 0.25) is 0 Å². The maximum atomic E-state index is 12.2. The molecule has 0 spiro atoms. The fourth-order valence-electron chi connectivity index (χ4n) is 1.51. The molecule has 0 aromatic heterocycles. The highest BCUT2D eigenvalue weighted by Crippen LogP contribution is 2.34. The lowest BCUT2D eigenvalue weighted by Gasteiger charge is -2.20. The van der Waals surface area contributed by atoms with E-state index in [2.05, 4.69) is 9.47 Å². The largest absolute Gasteiger partial charge is 0.573 e. The van der Waals surface area contributed by atoms with Crippen LogP contribution in [0.4, 0.5) is 13.2 Å². The van der Waals surface area contributed by atoms with Crippen LogP contribution in [0.5, 0.6) is 11.5 Å². The molecular formula is C12H13F3O6. The monoisotopic (exact) mass is 310 g/mol. The van der Waals surface area contributed by atoms with Crippen molar-refractivity contribution in [2.24, 2.45) is 0 Å². The highest BCUT2D eigenvalue weighted by Gasteiger charge is 2.35. The number of benzene rings is 1. The summed E-state index contributed by atoms with van der Waals surface area (Å²) in [5.74, 6) is -2.54. The highest BCUT2D eigenvalue weighted by atomic mass is 19.4. The van der Waals surface area contributed by atoms with Crippen molar-refractivity contribution in [1.82, 2.24) is 0 Å². The maximum absolute atomic E-state index is 12.2. The van der Waals surface area contributed by atoms with Gasteiger partial charge in [0.1, 0.15) is 17.6 Å². The van der Waals surface area contributed by atoms with Gasteiger partial charge in [0.2, 0.25) is 0 Å². The molecular weight excluding hydrogens is 297 g/mol. The third kappa shape index (κ3) is 4.80. The van der Waals surface area contributed by atoms with E-state index >= 15 is 0 Å². The average Bonchev–Trinajstić information content (AvgIpc) is 2.38. The van der Waals surface area contributed by atoms with E-state index in [1.54, 1.807) is 0 Å². The molecule has 1 aromatic rings. The van der Waals surface area contributed by atoms with Crippen LogP contribution in [0, 0.1) is 0 Å². The Labute approximate surface area is 117 Å². The number of halogens is 3. The molecule has 2 atom stereocenters. The van der Waals surface area contributed by atoms with Gasteiger partial charge in [-0.2, -0.15) is 0 Å². The molecule has 1 rings (SSSR count). The van der Waals surface area contributed by atoms with Crippen LogP contribution in [-0.4, -0.2) is 40.4 Å². The molecule has 0 radical (unpaired) electrons. The molecule has 3 N–H and O–H groups in total. The third-order valence-electron chi connectivity index (χ3n) is 2.36. The zero-order valence-corrected chi connectivity index (χ0v) is 10.8. The second kappa shape index (κ2) is 6.64. The zero-order valence-electron chi connectivity index (χ0n) is 10.8. The number of phenols is 1. The van der Waals surface area contributed by atoms with E-state index in [-0.39, 0.29) is 6.61 Å². The topological polar surface area (TPSA) is 96.2 Å². The van der Waals surface area contributed by atoms with E-state index < -0.39 is 41.6 Å². The summed E-state index contributed by atoms with van der Waals surface area (Å²) in [6.07, 6.45) is -9.23. The minimum absolute atomic E-state index is 0.0887. The summed E-state index contributed by atoms with van der Waals surface area (Å²) in [6, 6.07) is 2.39. The normalized spacial score (nSPS) is 14.4. The van der Waals surface area contributed by atoms with Crippen molar-refractivity contribution in [3.63, 3.8) is 0 Å². The Hall–Kier alpha value is -2.00. The average molecular weight is 310 g/mol. The first-order valence-corrected chi connectivity index (χ1v) is 5.77. The summed E-state index contributed by atoms with van der Waals surface area (Å²) in [6.45, 7) is 1.36. The SMILES string of the molecule is CCOC(=O)C(O)C(O)c1cc(O)ccc1OC(F)(F)F. The van der Waals surface area contributed by atoms with Gasteiger partial charge < -0.3 is 24.8 Å². The molecule has 0 fully saturated rings. The Kier molecular flexibility index (Phi) is 5.39. The summed E-state index contributed by atoms with van der Waals surface area (Å²) < 4.78 is 44.8. The number of aliphatic hydroxyl groups excluding tert-OH is 2. The highest BCUT2D eigenvalue weighted by molar-refractivity contribution is 5.75. The minimum Gasteiger partial charge on any atom is -0.508 e. The number of alkyl halides is 3. The lowest BCUT2D eigenvalue weighted by atomic mass is 10.0. The van der Waals surface area contributed by atoms with Gasteiger partial charge in [0.25, 0.3) is 0 Å². The van der Waals surface area contributed by atoms with Crippen LogP contribution in [0.1, 0.15) is 18.6 Å². The van der Waals surface area contributed by atoms with Crippen LogP contribution in [-0.2, 0) is 9.53 Å². The third-order valence-corrected chi connectivity index (χ3v) is 2.36. The number of rotatable bonds is 5. The van der Waals surface area contributed by atoms with Gasteiger partial charge in [0.15, 0.2) is 6.10 Å². The van der Waals surface area contributed by atoms with Crippen LogP contribution < -0.4 is 4.74 Å². The van der Waals surface area contributed by atoms with E-state index in [4.69, 9.17) is 0 Å². The standard InChI is InChI=1S/C12H13F3O6/c1-2-20-11(19)10(18)9(17)7-5-6(16)3-4-8(7)21-12(13,14)15/h3-5,9-10,16-18H,2H2,1H3. The molecule has 118 valence electrons. The van der Waals surface area contributed by atoms with Gasteiger partial charge in [-0.1, -0.05) is 0 Å². The number of phenolic OH excluding ortho intramolecular Hbond substituents is 1. The van der Waals surface area contributed by atoms with E-state index in [1.165, 1.54) is 6.92 Å². The first-order chi connectivity index (χ1) is 9.65. The number of hydrogen-bond acceptors (Lipinski definition) is 6. The quantitative estimate of drug-likeness (QED) is 0.708. The number of aromatic hydroxyl groups is 1. The Morgan fingerprint density at radius 1 is 1.33 bits per heavy atom. The fraction of sp³-hybridized carbons (Fsp3) is 0.417. The number of ether oxygens (including phenoxy) is 2. The number of aliphatic hydroxyl groups is 2. The first-order valence-electron chi connectivity index (χ1n) is 5.77. The van der Waals surface area contributed by atoms with Crippen molar-refractivity contribution < 1.29 is 42.8 Å². The second-order valence-corrected chi connectivity index (χ2v) is 3.91. The van der Waals surface area contributed by atoms with Gasteiger partial charge in [0.05, 0.1) is 6.61 Å². The van der Waals surface area contributed by atoms with Gasteiger partial charge in [-0.05, 0) is 25.1 Å². The van der Waals surface area contributed by atoms with Crippen LogP contribution in [0.3, 0.4) is 0 Å². The van der Waals surface area contributed by atoms with E-state index in [1.807, 2.05) is 0 Å². The Morgan fingerprint density at radius 2 is 1.95 bits per heavy atom. The molecule has 0 heterocycles. The summed E-state index contributed by atoms with van der Waals surface area (Å²) >= 11 is 0. The summed E-state index contributed by atoms with van der Waals surface area (Å²) in [5.41, 5.74) is -0.604. The zero-order chi connectivity index (χ0) is 16.2. The smallest absolute Gasteiger partial charge is 0.508 e. The molecule has 6 nitrogen and oxygen atoms in total. The predicted molar refractivity (Wildman–Crippen MR) is 62.4 cm³/mol. The van der Waals surface area contributed by atoms with Crippen molar-refractivity contribution in [3.05, 3.63) is 23.8 Å².